The topological polar surface area (TPSA) is 113 Å². The third-order valence-corrected chi connectivity index (χ3v) is 6.57. The van der Waals surface area contributed by atoms with E-state index in [9.17, 15) is 19.2 Å². The van der Waals surface area contributed by atoms with Crippen LogP contribution in [0.1, 0.15) is 67.2 Å². The Bertz CT molecular complexity index is 1350. The fraction of sp³-hybridized carbons (Fsp3) is 0.370. The van der Waals surface area contributed by atoms with Gasteiger partial charge in [-0.2, -0.15) is 5.10 Å². The molecule has 1 aliphatic heterocycles. The molecule has 2 heterocycles. The second-order valence-corrected chi connectivity index (χ2v) is 9.01. The molecule has 2 N–H and O–H groups in total. The Balaban J connectivity index is 1.51. The molecule has 0 fully saturated rings. The third-order valence-electron chi connectivity index (χ3n) is 6.57. The zero-order valence-corrected chi connectivity index (χ0v) is 20.6. The quantitative estimate of drug-likeness (QED) is 0.391. The predicted octanol–water partition coefficient (Wildman–Crippen LogP) is 2.88. The van der Waals surface area contributed by atoms with Gasteiger partial charge in [0.15, 0.2) is 5.69 Å². The van der Waals surface area contributed by atoms with Crippen molar-refractivity contribution in [2.24, 2.45) is 0 Å². The molecule has 1 unspecified atom stereocenters. The number of nitrogens with zero attached hydrogens (tertiary/aromatic N) is 3. The van der Waals surface area contributed by atoms with Gasteiger partial charge in [0.25, 0.3) is 11.5 Å². The van der Waals surface area contributed by atoms with Crippen LogP contribution in [-0.2, 0) is 22.6 Å². The largest absolute Gasteiger partial charge is 0.335 e. The van der Waals surface area contributed by atoms with Crippen LogP contribution < -0.4 is 16.4 Å². The van der Waals surface area contributed by atoms with Crippen molar-refractivity contribution < 1.29 is 14.4 Å². The normalized spacial score (nSPS) is 14.8. The van der Waals surface area contributed by atoms with Crippen molar-refractivity contribution in [3.63, 3.8) is 0 Å². The number of amides is 3. The number of aromatic nitrogens is 2. The Morgan fingerprint density at radius 2 is 1.72 bits per heavy atom. The van der Waals surface area contributed by atoms with E-state index < -0.39 is 17.9 Å². The summed E-state index contributed by atoms with van der Waals surface area (Å²) < 4.78 is 1.32. The highest BCUT2D eigenvalue weighted by atomic mass is 16.2. The number of aryl methyl sites for hydroxylation is 1. The van der Waals surface area contributed by atoms with E-state index in [1.165, 1.54) is 11.6 Å². The number of hydrogen-bond donors (Lipinski definition) is 2. The van der Waals surface area contributed by atoms with Gasteiger partial charge in [0.1, 0.15) is 0 Å². The number of unbranched alkanes of at least 4 members (excludes halogenated alkanes) is 2. The molecule has 4 rings (SSSR count). The van der Waals surface area contributed by atoms with Crippen LogP contribution >= 0.6 is 0 Å². The maximum atomic E-state index is 13.1. The molecule has 2 aromatic carbocycles. The SMILES string of the molecule is CCCCCn1nc(C(=O)NNC(=O)CC2c3ccccc3CCN2C(C)=O)c2ccccc2c1=O. The molecule has 1 aliphatic rings. The molecule has 36 heavy (non-hydrogen) atoms. The van der Waals surface area contributed by atoms with E-state index in [1.807, 2.05) is 24.3 Å². The number of rotatable bonds is 7. The standard InChI is InChI=1S/C27H31N5O4/c1-3-4-9-15-32-27(36)22-13-8-7-12-21(22)25(30-32)26(35)29-28-24(34)17-23-20-11-6-5-10-19(20)14-16-31(23)18(2)33/h5-8,10-13,23H,3-4,9,14-17H2,1-2H3,(H,28,34)(H,29,35). The minimum atomic E-state index is -0.615. The monoisotopic (exact) mass is 489 g/mol. The molecule has 0 spiro atoms. The van der Waals surface area contributed by atoms with Crippen molar-refractivity contribution in [2.45, 2.75) is 58.5 Å². The summed E-state index contributed by atoms with van der Waals surface area (Å²) in [4.78, 5) is 52.6. The van der Waals surface area contributed by atoms with Crippen LogP contribution in [0.5, 0.6) is 0 Å². The summed E-state index contributed by atoms with van der Waals surface area (Å²) in [7, 11) is 0. The highest BCUT2D eigenvalue weighted by Crippen LogP contribution is 2.32. The first-order chi connectivity index (χ1) is 17.4. The van der Waals surface area contributed by atoms with Crippen LogP contribution in [0.3, 0.4) is 0 Å². The number of carbonyl (C=O) groups excluding carboxylic acids is 3. The fourth-order valence-corrected chi connectivity index (χ4v) is 4.73. The molecule has 1 aromatic heterocycles. The first-order valence-corrected chi connectivity index (χ1v) is 12.3. The van der Waals surface area contributed by atoms with Crippen LogP contribution in [0.25, 0.3) is 10.8 Å². The summed E-state index contributed by atoms with van der Waals surface area (Å²) in [6.07, 6.45) is 3.45. The van der Waals surface area contributed by atoms with E-state index in [0.717, 1.165) is 36.8 Å². The average Bonchev–Trinajstić information content (AvgIpc) is 2.88. The van der Waals surface area contributed by atoms with E-state index in [1.54, 1.807) is 29.2 Å². The molecule has 0 radical (unpaired) electrons. The number of hydrazine groups is 1. The van der Waals surface area contributed by atoms with E-state index in [2.05, 4.69) is 22.9 Å². The van der Waals surface area contributed by atoms with Gasteiger partial charge in [0.05, 0.1) is 17.8 Å². The van der Waals surface area contributed by atoms with Crippen molar-refractivity contribution in [2.75, 3.05) is 6.54 Å². The predicted molar refractivity (Wildman–Crippen MR) is 136 cm³/mol. The van der Waals surface area contributed by atoms with Gasteiger partial charge >= 0.3 is 0 Å². The fourth-order valence-electron chi connectivity index (χ4n) is 4.73. The van der Waals surface area contributed by atoms with Gasteiger partial charge < -0.3 is 4.90 Å². The molecular formula is C27H31N5O4. The molecule has 1 atom stereocenters. The highest BCUT2D eigenvalue weighted by molar-refractivity contribution is 6.05. The third kappa shape index (κ3) is 5.30. The highest BCUT2D eigenvalue weighted by Gasteiger charge is 2.30. The lowest BCUT2D eigenvalue weighted by Crippen LogP contribution is -2.46. The lowest BCUT2D eigenvalue weighted by molar-refractivity contribution is -0.133. The Morgan fingerprint density at radius 3 is 2.47 bits per heavy atom. The van der Waals surface area contributed by atoms with E-state index in [4.69, 9.17) is 0 Å². The minimum Gasteiger partial charge on any atom is -0.335 e. The zero-order chi connectivity index (χ0) is 25.7. The second-order valence-electron chi connectivity index (χ2n) is 9.01. The van der Waals surface area contributed by atoms with E-state index in [-0.39, 0.29) is 23.6 Å². The number of fused-ring (bicyclic) bond motifs is 2. The number of nitrogens with one attached hydrogen (secondary N) is 2. The van der Waals surface area contributed by atoms with Crippen LogP contribution in [0.4, 0.5) is 0 Å². The van der Waals surface area contributed by atoms with Crippen molar-refractivity contribution >= 4 is 28.5 Å². The maximum absolute atomic E-state index is 13.1. The molecule has 188 valence electrons. The summed E-state index contributed by atoms with van der Waals surface area (Å²) in [5, 5.41) is 5.14. The minimum absolute atomic E-state index is 0.00155. The molecule has 0 saturated heterocycles. The van der Waals surface area contributed by atoms with Gasteiger partial charge in [-0.05, 0) is 30.0 Å². The summed E-state index contributed by atoms with van der Waals surface area (Å²) in [6.45, 7) is 4.50. The van der Waals surface area contributed by atoms with Gasteiger partial charge in [-0.25, -0.2) is 4.68 Å². The first-order valence-electron chi connectivity index (χ1n) is 12.3. The van der Waals surface area contributed by atoms with Gasteiger partial charge in [-0.1, -0.05) is 62.2 Å². The first kappa shape index (κ1) is 25.1. The van der Waals surface area contributed by atoms with Gasteiger partial charge in [0.2, 0.25) is 11.8 Å². The molecule has 0 saturated carbocycles. The molecule has 3 aromatic rings. The number of benzene rings is 2. The van der Waals surface area contributed by atoms with Crippen molar-refractivity contribution in [1.82, 2.24) is 25.5 Å². The smallest absolute Gasteiger partial charge is 0.290 e. The Kier molecular flexibility index (Phi) is 7.77. The molecule has 0 bridgehead atoms. The zero-order valence-electron chi connectivity index (χ0n) is 20.6. The van der Waals surface area contributed by atoms with Crippen LogP contribution in [0.15, 0.2) is 53.3 Å². The van der Waals surface area contributed by atoms with Crippen LogP contribution in [0.2, 0.25) is 0 Å². The summed E-state index contributed by atoms with van der Waals surface area (Å²) in [6, 6.07) is 14.2. The van der Waals surface area contributed by atoms with Crippen molar-refractivity contribution in [3.05, 3.63) is 75.7 Å². The molecular weight excluding hydrogens is 458 g/mol. The molecule has 0 aliphatic carbocycles. The Morgan fingerprint density at radius 1 is 1.00 bits per heavy atom. The van der Waals surface area contributed by atoms with E-state index >= 15 is 0 Å². The van der Waals surface area contributed by atoms with Gasteiger partial charge in [0, 0.05) is 25.4 Å². The molecule has 9 nitrogen and oxygen atoms in total. The molecule has 9 heteroatoms. The van der Waals surface area contributed by atoms with Crippen LogP contribution in [-0.4, -0.2) is 38.9 Å². The molecule has 3 amide bonds. The summed E-state index contributed by atoms with van der Waals surface area (Å²) in [5.74, 6) is -1.15. The summed E-state index contributed by atoms with van der Waals surface area (Å²) >= 11 is 0. The van der Waals surface area contributed by atoms with Gasteiger partial charge in [-0.15, -0.1) is 0 Å². The van der Waals surface area contributed by atoms with Crippen LogP contribution in [0, 0.1) is 0 Å². The van der Waals surface area contributed by atoms with Gasteiger partial charge in [-0.3, -0.25) is 30.0 Å². The number of carbonyl (C=O) groups is 3. The lowest BCUT2D eigenvalue weighted by Gasteiger charge is -2.36. The average molecular weight is 490 g/mol. The van der Waals surface area contributed by atoms with Crippen molar-refractivity contribution in [3.8, 4) is 0 Å². The lowest BCUT2D eigenvalue weighted by atomic mass is 9.90. The number of hydrogen-bond acceptors (Lipinski definition) is 5. The Labute approximate surface area is 209 Å². The van der Waals surface area contributed by atoms with E-state index in [0.29, 0.717) is 23.9 Å². The second kappa shape index (κ2) is 11.2. The summed E-state index contributed by atoms with van der Waals surface area (Å²) in [5.41, 5.74) is 6.77. The Hall–Kier alpha value is -4.01. The maximum Gasteiger partial charge on any atom is 0.290 e. The van der Waals surface area contributed by atoms with Crippen molar-refractivity contribution in [1.29, 1.82) is 0 Å².